The van der Waals surface area contributed by atoms with Crippen LogP contribution in [0.3, 0.4) is 0 Å². The number of hydrogen-bond donors (Lipinski definition) is 1. The summed E-state index contributed by atoms with van der Waals surface area (Å²) < 4.78 is 13.7. The van der Waals surface area contributed by atoms with Crippen LogP contribution < -0.4 is 5.32 Å². The highest BCUT2D eigenvalue weighted by Crippen LogP contribution is 2.21. The van der Waals surface area contributed by atoms with E-state index < -0.39 is 0 Å². The molecule has 0 bridgehead atoms. The minimum absolute atomic E-state index is 0.150. The molecule has 2 aromatic carbocycles. The molecule has 0 heterocycles. The molecule has 1 nitrogen and oxygen atoms in total. The number of halogens is 1. The molecule has 1 N–H and O–H groups in total. The zero-order valence-corrected chi connectivity index (χ0v) is 10.8. The van der Waals surface area contributed by atoms with Crippen LogP contribution in [0.1, 0.15) is 19.4 Å². The second-order valence-electron chi connectivity index (χ2n) is 4.71. The van der Waals surface area contributed by atoms with Crippen LogP contribution in [0.25, 0.3) is 11.1 Å². The van der Waals surface area contributed by atoms with E-state index in [0.29, 0.717) is 18.2 Å². The van der Waals surface area contributed by atoms with Gasteiger partial charge in [0, 0.05) is 18.2 Å². The number of nitrogens with one attached hydrogen (secondary N) is 1. The SMILES string of the molecule is CC(C)NCc1cc(-c2ccccc2)ccc1F. The van der Waals surface area contributed by atoms with E-state index in [1.54, 1.807) is 6.07 Å². The van der Waals surface area contributed by atoms with E-state index in [-0.39, 0.29) is 5.82 Å². The zero-order chi connectivity index (χ0) is 13.0. The van der Waals surface area contributed by atoms with Gasteiger partial charge < -0.3 is 5.32 Å². The first-order valence-electron chi connectivity index (χ1n) is 6.24. The summed E-state index contributed by atoms with van der Waals surface area (Å²) in [5, 5.41) is 3.24. The largest absolute Gasteiger partial charge is 0.310 e. The van der Waals surface area contributed by atoms with E-state index >= 15 is 0 Å². The molecule has 0 radical (unpaired) electrons. The van der Waals surface area contributed by atoms with E-state index in [1.807, 2.05) is 42.5 Å². The fraction of sp³-hybridized carbons (Fsp3) is 0.250. The molecule has 0 atom stereocenters. The number of rotatable bonds is 4. The van der Waals surface area contributed by atoms with Crippen LogP contribution >= 0.6 is 0 Å². The van der Waals surface area contributed by atoms with Crippen molar-refractivity contribution in [2.45, 2.75) is 26.4 Å². The molecule has 0 aliphatic heterocycles. The molecule has 2 heteroatoms. The molecule has 0 aliphatic rings. The van der Waals surface area contributed by atoms with E-state index in [2.05, 4.69) is 19.2 Å². The molecule has 0 spiro atoms. The van der Waals surface area contributed by atoms with Crippen molar-refractivity contribution in [3.05, 3.63) is 59.9 Å². The minimum Gasteiger partial charge on any atom is -0.310 e. The Morgan fingerprint density at radius 2 is 1.72 bits per heavy atom. The summed E-state index contributed by atoms with van der Waals surface area (Å²) in [7, 11) is 0. The maximum atomic E-state index is 13.7. The van der Waals surface area contributed by atoms with Gasteiger partial charge in [-0.3, -0.25) is 0 Å². The molecule has 94 valence electrons. The van der Waals surface area contributed by atoms with Crippen molar-refractivity contribution in [3.63, 3.8) is 0 Å². The average molecular weight is 243 g/mol. The van der Waals surface area contributed by atoms with Crippen molar-refractivity contribution in [3.8, 4) is 11.1 Å². The maximum absolute atomic E-state index is 13.7. The summed E-state index contributed by atoms with van der Waals surface area (Å²) in [6, 6.07) is 15.7. The molecule has 2 rings (SSSR count). The molecule has 0 aromatic heterocycles. The van der Waals surface area contributed by atoms with Crippen LogP contribution in [-0.4, -0.2) is 6.04 Å². The van der Waals surface area contributed by atoms with Crippen molar-refractivity contribution in [2.24, 2.45) is 0 Å². The summed E-state index contributed by atoms with van der Waals surface area (Å²) in [4.78, 5) is 0. The Morgan fingerprint density at radius 3 is 2.39 bits per heavy atom. The summed E-state index contributed by atoms with van der Waals surface area (Å²) in [5.41, 5.74) is 2.88. The van der Waals surface area contributed by atoms with Gasteiger partial charge >= 0.3 is 0 Å². The Bertz CT molecular complexity index is 506. The molecule has 0 saturated heterocycles. The molecule has 0 aliphatic carbocycles. The normalized spacial score (nSPS) is 10.9. The fourth-order valence-electron chi connectivity index (χ4n) is 1.83. The Hall–Kier alpha value is -1.67. The first-order chi connectivity index (χ1) is 8.66. The molecule has 0 unspecified atom stereocenters. The van der Waals surface area contributed by atoms with E-state index in [9.17, 15) is 4.39 Å². The molecular weight excluding hydrogens is 225 g/mol. The molecule has 2 aromatic rings. The Kier molecular flexibility index (Phi) is 4.11. The zero-order valence-electron chi connectivity index (χ0n) is 10.8. The predicted octanol–water partition coefficient (Wildman–Crippen LogP) is 3.99. The Morgan fingerprint density at radius 1 is 1.00 bits per heavy atom. The highest BCUT2D eigenvalue weighted by molar-refractivity contribution is 5.64. The summed E-state index contributed by atoms with van der Waals surface area (Å²) in [6.07, 6.45) is 0. The number of benzene rings is 2. The topological polar surface area (TPSA) is 12.0 Å². The van der Waals surface area contributed by atoms with Gasteiger partial charge in [0.1, 0.15) is 5.82 Å². The van der Waals surface area contributed by atoms with Gasteiger partial charge in [-0.2, -0.15) is 0 Å². The lowest BCUT2D eigenvalue weighted by molar-refractivity contribution is 0.553. The highest BCUT2D eigenvalue weighted by Gasteiger charge is 2.05. The van der Waals surface area contributed by atoms with Crippen molar-refractivity contribution in [2.75, 3.05) is 0 Å². The van der Waals surface area contributed by atoms with Crippen molar-refractivity contribution in [1.82, 2.24) is 5.32 Å². The fourth-order valence-corrected chi connectivity index (χ4v) is 1.83. The van der Waals surface area contributed by atoms with Crippen LogP contribution in [0, 0.1) is 5.82 Å². The van der Waals surface area contributed by atoms with E-state index in [4.69, 9.17) is 0 Å². The molecule has 0 saturated carbocycles. The van der Waals surface area contributed by atoms with Gasteiger partial charge in [0.05, 0.1) is 0 Å². The maximum Gasteiger partial charge on any atom is 0.127 e. The van der Waals surface area contributed by atoms with Gasteiger partial charge in [-0.25, -0.2) is 4.39 Å². The third kappa shape index (κ3) is 3.17. The van der Waals surface area contributed by atoms with Crippen molar-refractivity contribution < 1.29 is 4.39 Å². The Labute approximate surface area is 108 Å². The van der Waals surface area contributed by atoms with Crippen LogP contribution in [0.5, 0.6) is 0 Å². The van der Waals surface area contributed by atoms with Gasteiger partial charge in [0.15, 0.2) is 0 Å². The first kappa shape index (κ1) is 12.8. The van der Waals surface area contributed by atoms with Gasteiger partial charge in [-0.1, -0.05) is 50.2 Å². The smallest absolute Gasteiger partial charge is 0.127 e. The molecule has 0 amide bonds. The molecular formula is C16H18FN. The van der Waals surface area contributed by atoms with Gasteiger partial charge in [0.25, 0.3) is 0 Å². The van der Waals surface area contributed by atoms with Crippen LogP contribution in [-0.2, 0) is 6.54 Å². The van der Waals surface area contributed by atoms with Crippen LogP contribution in [0.4, 0.5) is 4.39 Å². The van der Waals surface area contributed by atoms with Crippen LogP contribution in [0.2, 0.25) is 0 Å². The Balaban J connectivity index is 2.26. The van der Waals surface area contributed by atoms with E-state index in [0.717, 1.165) is 11.1 Å². The van der Waals surface area contributed by atoms with E-state index in [1.165, 1.54) is 0 Å². The molecule has 0 fully saturated rings. The van der Waals surface area contributed by atoms with Crippen LogP contribution in [0.15, 0.2) is 48.5 Å². The average Bonchev–Trinajstić information content (AvgIpc) is 2.38. The third-order valence-electron chi connectivity index (χ3n) is 2.85. The second-order valence-corrected chi connectivity index (χ2v) is 4.71. The van der Waals surface area contributed by atoms with Crippen molar-refractivity contribution in [1.29, 1.82) is 0 Å². The summed E-state index contributed by atoms with van der Waals surface area (Å²) in [6.45, 7) is 4.67. The lowest BCUT2D eigenvalue weighted by atomic mass is 10.0. The standard InChI is InChI=1S/C16H18FN/c1-12(2)18-11-15-10-14(8-9-16(15)17)13-6-4-3-5-7-13/h3-10,12,18H,11H2,1-2H3. The lowest BCUT2D eigenvalue weighted by Crippen LogP contribution is -2.22. The lowest BCUT2D eigenvalue weighted by Gasteiger charge is -2.10. The third-order valence-corrected chi connectivity index (χ3v) is 2.85. The first-order valence-corrected chi connectivity index (χ1v) is 6.24. The van der Waals surface area contributed by atoms with Gasteiger partial charge in [-0.15, -0.1) is 0 Å². The number of hydrogen-bond acceptors (Lipinski definition) is 1. The predicted molar refractivity (Wildman–Crippen MR) is 73.8 cm³/mol. The van der Waals surface area contributed by atoms with Crippen molar-refractivity contribution >= 4 is 0 Å². The van der Waals surface area contributed by atoms with Gasteiger partial charge in [0.2, 0.25) is 0 Å². The monoisotopic (exact) mass is 243 g/mol. The van der Waals surface area contributed by atoms with Gasteiger partial charge in [-0.05, 0) is 23.3 Å². The second kappa shape index (κ2) is 5.78. The summed E-state index contributed by atoms with van der Waals surface area (Å²) in [5.74, 6) is -0.150. The summed E-state index contributed by atoms with van der Waals surface area (Å²) >= 11 is 0. The molecule has 18 heavy (non-hydrogen) atoms. The highest BCUT2D eigenvalue weighted by atomic mass is 19.1. The minimum atomic E-state index is -0.150. The quantitative estimate of drug-likeness (QED) is 0.856.